The minimum atomic E-state index is -0.318. The molecule has 7 heteroatoms. The molecule has 2 N–H and O–H groups in total. The predicted molar refractivity (Wildman–Crippen MR) is 131 cm³/mol. The second-order valence-corrected chi connectivity index (χ2v) is 8.10. The highest BCUT2D eigenvalue weighted by molar-refractivity contribution is 5.82. The first-order valence-electron chi connectivity index (χ1n) is 10.9. The summed E-state index contributed by atoms with van der Waals surface area (Å²) < 4.78 is 28.9. The maximum atomic E-state index is 13.4. The number of nitrogens with zero attached hydrogens (tertiary/aromatic N) is 3. The number of aryl methyl sites for hydroxylation is 1. The number of nitrogens with one attached hydrogen (secondary N) is 2. The van der Waals surface area contributed by atoms with Crippen LogP contribution < -0.4 is 16.0 Å². The number of benzene rings is 4. The van der Waals surface area contributed by atoms with Crippen molar-refractivity contribution in [3.8, 4) is 11.4 Å². The Hall–Kier alpha value is -4.10. The Kier molecular flexibility index (Phi) is 5.77. The van der Waals surface area contributed by atoms with Gasteiger partial charge in [0.25, 0.3) is 0 Å². The summed E-state index contributed by atoms with van der Waals surface area (Å²) in [4.78, 5) is 9.67. The Morgan fingerprint density at radius 3 is 2.29 bits per heavy atom. The lowest BCUT2D eigenvalue weighted by Gasteiger charge is -2.17. The minimum Gasteiger partial charge on any atom is -0.354 e. The second kappa shape index (κ2) is 9.03. The highest BCUT2D eigenvalue weighted by Gasteiger charge is 2.14. The Morgan fingerprint density at radius 1 is 0.882 bits per heavy atom. The first-order valence-corrected chi connectivity index (χ1v) is 10.9. The molecule has 2 aliphatic rings. The van der Waals surface area contributed by atoms with Crippen molar-refractivity contribution < 1.29 is 8.78 Å². The van der Waals surface area contributed by atoms with E-state index in [4.69, 9.17) is 9.98 Å². The van der Waals surface area contributed by atoms with E-state index < -0.39 is 0 Å². The molecule has 0 saturated carbocycles. The molecular weight excluding hydrogens is 432 g/mol. The van der Waals surface area contributed by atoms with Crippen LogP contribution in [0.2, 0.25) is 0 Å². The first kappa shape index (κ1) is 21.7. The number of fused-ring (bicyclic) bond motifs is 2. The van der Waals surface area contributed by atoms with Gasteiger partial charge in [-0.15, -0.1) is 0 Å². The van der Waals surface area contributed by atoms with Gasteiger partial charge < -0.3 is 15.2 Å². The van der Waals surface area contributed by atoms with Crippen molar-refractivity contribution in [2.24, 2.45) is 12.0 Å². The van der Waals surface area contributed by atoms with E-state index in [1.165, 1.54) is 24.3 Å². The quantitative estimate of drug-likeness (QED) is 0.337. The molecule has 34 heavy (non-hydrogen) atoms. The van der Waals surface area contributed by atoms with Crippen molar-refractivity contribution in [2.75, 3.05) is 12.4 Å². The van der Waals surface area contributed by atoms with E-state index in [1.807, 2.05) is 26.2 Å². The molecule has 0 bridgehead atoms. The summed E-state index contributed by atoms with van der Waals surface area (Å²) in [5, 5.41) is 7.16. The largest absolute Gasteiger partial charge is 0.354 e. The Morgan fingerprint density at radius 2 is 1.59 bits per heavy atom. The second-order valence-electron chi connectivity index (χ2n) is 8.10. The summed E-state index contributed by atoms with van der Waals surface area (Å²) in [6.07, 6.45) is 0. The molecule has 0 spiro atoms. The number of rotatable bonds is 5. The van der Waals surface area contributed by atoms with Crippen molar-refractivity contribution >= 4 is 28.1 Å². The molecule has 1 aliphatic carbocycles. The van der Waals surface area contributed by atoms with Gasteiger partial charge in [0, 0.05) is 19.3 Å². The Balaban J connectivity index is 1.72. The van der Waals surface area contributed by atoms with Gasteiger partial charge in [0.2, 0.25) is 0 Å². The van der Waals surface area contributed by atoms with E-state index in [1.54, 1.807) is 24.3 Å². The lowest BCUT2D eigenvalue weighted by Crippen LogP contribution is -2.14. The third-order valence-electron chi connectivity index (χ3n) is 5.68. The van der Waals surface area contributed by atoms with Crippen LogP contribution in [0.25, 0.3) is 22.4 Å². The standard InChI is InChI=1S/C27H23F2N5/c1-30-16-17-3-12-26-24(13-17)33-25-14-22(31-20-8-4-18(28)5-9-20)23(15-27(25)34(26)2)32-21-10-6-19(29)7-11-21/h3-15,30-31H,16H2,1-2H3/b32-23-. The predicted octanol–water partition coefficient (Wildman–Crippen LogP) is 5.65. The van der Waals surface area contributed by atoms with Crippen molar-refractivity contribution in [1.82, 2.24) is 14.9 Å². The average Bonchev–Trinajstić information content (AvgIpc) is 2.83. The van der Waals surface area contributed by atoms with Gasteiger partial charge in [-0.3, -0.25) is 0 Å². The molecule has 0 saturated heterocycles. The summed E-state index contributed by atoms with van der Waals surface area (Å²) in [7, 11) is 3.91. The highest BCUT2D eigenvalue weighted by atomic mass is 19.1. The molecule has 3 aromatic rings. The fraction of sp³-hybridized carbons (Fsp3) is 0.111. The van der Waals surface area contributed by atoms with Crippen LogP contribution in [0.1, 0.15) is 5.56 Å². The van der Waals surface area contributed by atoms with Gasteiger partial charge in [-0.25, -0.2) is 18.8 Å². The van der Waals surface area contributed by atoms with Crippen LogP contribution in [0.15, 0.2) is 83.9 Å². The molecule has 5 rings (SSSR count). The van der Waals surface area contributed by atoms with Crippen LogP contribution >= 0.6 is 0 Å². The van der Waals surface area contributed by atoms with Gasteiger partial charge >= 0.3 is 0 Å². The zero-order chi connectivity index (χ0) is 23.7. The molecule has 0 fully saturated rings. The van der Waals surface area contributed by atoms with Crippen LogP contribution in [-0.2, 0) is 13.6 Å². The van der Waals surface area contributed by atoms with Gasteiger partial charge in [0.05, 0.1) is 39.2 Å². The maximum Gasteiger partial charge on any atom is 0.123 e. The van der Waals surface area contributed by atoms with E-state index in [0.29, 0.717) is 16.7 Å². The summed E-state index contributed by atoms with van der Waals surface area (Å²) >= 11 is 0. The summed E-state index contributed by atoms with van der Waals surface area (Å²) in [6, 6.07) is 22.3. The minimum absolute atomic E-state index is 0.308. The van der Waals surface area contributed by atoms with Crippen molar-refractivity contribution in [2.45, 2.75) is 6.54 Å². The molecule has 0 amide bonds. The van der Waals surface area contributed by atoms with Crippen molar-refractivity contribution in [3.63, 3.8) is 0 Å². The summed E-state index contributed by atoms with van der Waals surface area (Å²) in [5.74, 6) is -0.625. The molecular formula is C27H23F2N5. The van der Waals surface area contributed by atoms with Crippen molar-refractivity contribution in [1.29, 1.82) is 0 Å². The van der Waals surface area contributed by atoms with Crippen molar-refractivity contribution in [3.05, 3.63) is 101 Å². The molecule has 170 valence electrons. The summed E-state index contributed by atoms with van der Waals surface area (Å²) in [6.45, 7) is 0.756. The van der Waals surface area contributed by atoms with Crippen LogP contribution in [-0.4, -0.2) is 16.6 Å². The lowest BCUT2D eigenvalue weighted by molar-refractivity contribution is 0.627. The molecule has 1 aliphatic heterocycles. The van der Waals surface area contributed by atoms with E-state index in [2.05, 4.69) is 33.4 Å². The number of hydrogen-bond acceptors (Lipinski definition) is 4. The molecule has 0 aromatic heterocycles. The van der Waals surface area contributed by atoms with Gasteiger partial charge in [-0.1, -0.05) is 6.07 Å². The van der Waals surface area contributed by atoms with Gasteiger partial charge in [-0.05, 0) is 85.4 Å². The zero-order valence-electron chi connectivity index (χ0n) is 18.8. The monoisotopic (exact) mass is 455 g/mol. The fourth-order valence-electron chi connectivity index (χ4n) is 3.98. The molecule has 0 radical (unpaired) electrons. The van der Waals surface area contributed by atoms with E-state index in [0.717, 1.165) is 40.2 Å². The van der Waals surface area contributed by atoms with E-state index >= 15 is 0 Å². The lowest BCUT2D eigenvalue weighted by atomic mass is 10.1. The maximum absolute atomic E-state index is 13.4. The van der Waals surface area contributed by atoms with E-state index in [-0.39, 0.29) is 11.6 Å². The fourth-order valence-corrected chi connectivity index (χ4v) is 3.98. The topological polar surface area (TPSA) is 54.2 Å². The molecule has 0 atom stereocenters. The smallest absolute Gasteiger partial charge is 0.123 e. The SMILES string of the molecule is CNCc1ccc2c(c1)nc1cc(Nc3ccc(F)cc3)/c(=N\c3ccc(F)cc3)cc-1n2C. The first-order chi connectivity index (χ1) is 16.5. The normalized spacial score (nSPS) is 11.9. The Labute approximate surface area is 195 Å². The third-order valence-corrected chi connectivity index (χ3v) is 5.68. The van der Waals surface area contributed by atoms with E-state index in [9.17, 15) is 8.78 Å². The molecule has 5 nitrogen and oxygen atoms in total. The van der Waals surface area contributed by atoms with Crippen LogP contribution in [0.5, 0.6) is 0 Å². The third kappa shape index (κ3) is 4.38. The van der Waals surface area contributed by atoms with Gasteiger partial charge in [0.15, 0.2) is 0 Å². The van der Waals surface area contributed by atoms with Gasteiger partial charge in [0.1, 0.15) is 11.6 Å². The van der Waals surface area contributed by atoms with Crippen LogP contribution in [0.3, 0.4) is 0 Å². The Bertz CT molecular complexity index is 1510. The number of halogens is 2. The van der Waals surface area contributed by atoms with Crippen LogP contribution in [0, 0.1) is 11.6 Å². The molecule has 1 heterocycles. The number of aromatic nitrogens is 2. The number of anilines is 2. The summed E-state index contributed by atoms with van der Waals surface area (Å²) in [5.41, 5.74) is 6.78. The highest BCUT2D eigenvalue weighted by Crippen LogP contribution is 2.27. The number of hydrogen-bond donors (Lipinski definition) is 2. The van der Waals surface area contributed by atoms with Gasteiger partial charge in [-0.2, -0.15) is 0 Å². The van der Waals surface area contributed by atoms with Crippen LogP contribution in [0.4, 0.5) is 25.8 Å². The molecule has 3 aromatic carbocycles. The molecule has 0 unspecified atom stereocenters. The average molecular weight is 456 g/mol. The zero-order valence-corrected chi connectivity index (χ0v) is 18.8.